The summed E-state index contributed by atoms with van der Waals surface area (Å²) in [6, 6.07) is 2.05. The molecule has 0 bridgehead atoms. The van der Waals surface area contributed by atoms with Gasteiger partial charge in [-0.15, -0.1) is 11.3 Å². The van der Waals surface area contributed by atoms with Crippen LogP contribution in [0.15, 0.2) is 6.07 Å². The third-order valence-electron chi connectivity index (χ3n) is 2.90. The summed E-state index contributed by atoms with van der Waals surface area (Å²) in [5.74, 6) is 0.755. The SMILES string of the molecule is CCCCN(CC)c1nc(Cl)c2cc(C)sc2n1. The van der Waals surface area contributed by atoms with E-state index in [1.807, 2.05) is 0 Å². The maximum absolute atomic E-state index is 6.24. The van der Waals surface area contributed by atoms with Crippen LogP contribution in [0.4, 0.5) is 5.95 Å². The lowest BCUT2D eigenvalue weighted by molar-refractivity contribution is 0.716. The van der Waals surface area contributed by atoms with E-state index in [1.165, 1.54) is 11.3 Å². The van der Waals surface area contributed by atoms with E-state index in [4.69, 9.17) is 11.6 Å². The number of aryl methyl sites for hydroxylation is 1. The Morgan fingerprint density at radius 1 is 1.33 bits per heavy atom. The summed E-state index contributed by atoms with van der Waals surface area (Å²) >= 11 is 7.91. The molecule has 3 nitrogen and oxygen atoms in total. The first-order chi connectivity index (χ1) is 8.65. The fourth-order valence-electron chi connectivity index (χ4n) is 1.89. The summed E-state index contributed by atoms with van der Waals surface area (Å²) in [7, 11) is 0. The highest BCUT2D eigenvalue weighted by Crippen LogP contribution is 2.30. The zero-order valence-corrected chi connectivity index (χ0v) is 12.6. The lowest BCUT2D eigenvalue weighted by Crippen LogP contribution is -2.25. The minimum Gasteiger partial charge on any atom is -0.341 e. The lowest BCUT2D eigenvalue weighted by atomic mass is 10.3. The molecular weight excluding hydrogens is 266 g/mol. The molecule has 2 aromatic heterocycles. The van der Waals surface area contributed by atoms with Gasteiger partial charge in [-0.25, -0.2) is 9.97 Å². The number of nitrogens with zero attached hydrogens (tertiary/aromatic N) is 3. The second-order valence-electron chi connectivity index (χ2n) is 4.32. The van der Waals surface area contributed by atoms with Crippen LogP contribution in [-0.4, -0.2) is 23.1 Å². The average molecular weight is 284 g/mol. The lowest BCUT2D eigenvalue weighted by Gasteiger charge is -2.20. The van der Waals surface area contributed by atoms with Crippen molar-refractivity contribution >= 4 is 39.1 Å². The summed E-state index contributed by atoms with van der Waals surface area (Å²) in [6.07, 6.45) is 2.32. The minimum atomic E-state index is 0.564. The zero-order chi connectivity index (χ0) is 13.1. The summed E-state index contributed by atoms with van der Waals surface area (Å²) in [5, 5.41) is 1.53. The number of anilines is 1. The molecule has 2 heterocycles. The molecule has 0 aliphatic carbocycles. The van der Waals surface area contributed by atoms with Gasteiger partial charge in [-0.1, -0.05) is 24.9 Å². The highest BCUT2D eigenvalue weighted by atomic mass is 35.5. The van der Waals surface area contributed by atoms with Gasteiger partial charge in [0.1, 0.15) is 9.98 Å². The molecule has 0 saturated carbocycles. The van der Waals surface area contributed by atoms with Gasteiger partial charge in [-0.2, -0.15) is 0 Å². The first-order valence-corrected chi connectivity index (χ1v) is 7.53. The molecule has 0 N–H and O–H groups in total. The number of hydrogen-bond donors (Lipinski definition) is 0. The fourth-order valence-corrected chi connectivity index (χ4v) is 3.04. The van der Waals surface area contributed by atoms with Gasteiger partial charge in [0.2, 0.25) is 5.95 Å². The Morgan fingerprint density at radius 3 is 2.78 bits per heavy atom. The monoisotopic (exact) mass is 283 g/mol. The highest BCUT2D eigenvalue weighted by Gasteiger charge is 2.13. The van der Waals surface area contributed by atoms with Crippen molar-refractivity contribution in [3.8, 4) is 0 Å². The summed E-state index contributed by atoms with van der Waals surface area (Å²) < 4.78 is 0. The van der Waals surface area contributed by atoms with Crippen molar-refractivity contribution in [2.75, 3.05) is 18.0 Å². The highest BCUT2D eigenvalue weighted by molar-refractivity contribution is 7.18. The number of thiophene rings is 1. The van der Waals surface area contributed by atoms with E-state index in [9.17, 15) is 0 Å². The van der Waals surface area contributed by atoms with Crippen LogP contribution >= 0.6 is 22.9 Å². The van der Waals surface area contributed by atoms with Crippen LogP contribution in [0.5, 0.6) is 0 Å². The van der Waals surface area contributed by atoms with Crippen molar-refractivity contribution in [2.45, 2.75) is 33.6 Å². The number of halogens is 1. The molecule has 0 amide bonds. The van der Waals surface area contributed by atoms with E-state index in [0.29, 0.717) is 5.15 Å². The van der Waals surface area contributed by atoms with Crippen molar-refractivity contribution in [3.05, 3.63) is 16.1 Å². The zero-order valence-electron chi connectivity index (χ0n) is 11.0. The van der Waals surface area contributed by atoms with Crippen LogP contribution < -0.4 is 4.90 Å². The number of unbranched alkanes of at least 4 members (excludes halogenated alkanes) is 1. The predicted molar refractivity (Wildman–Crippen MR) is 80.0 cm³/mol. The van der Waals surface area contributed by atoms with Crippen LogP contribution in [0.1, 0.15) is 31.6 Å². The Balaban J connectivity index is 2.37. The molecule has 5 heteroatoms. The van der Waals surface area contributed by atoms with E-state index in [0.717, 1.165) is 35.7 Å². The van der Waals surface area contributed by atoms with Gasteiger partial charge in [-0.3, -0.25) is 0 Å². The van der Waals surface area contributed by atoms with E-state index < -0.39 is 0 Å². The normalized spacial score (nSPS) is 11.1. The number of hydrogen-bond acceptors (Lipinski definition) is 4. The van der Waals surface area contributed by atoms with Gasteiger partial charge in [0.15, 0.2) is 0 Å². The molecule has 0 aliphatic heterocycles. The van der Waals surface area contributed by atoms with Crippen molar-refractivity contribution in [3.63, 3.8) is 0 Å². The maximum Gasteiger partial charge on any atom is 0.228 e. The third kappa shape index (κ3) is 2.75. The molecule has 2 rings (SSSR count). The molecule has 98 valence electrons. The fraction of sp³-hybridized carbons (Fsp3) is 0.538. The van der Waals surface area contributed by atoms with E-state index in [2.05, 4.69) is 41.7 Å². The van der Waals surface area contributed by atoms with E-state index >= 15 is 0 Å². The summed E-state index contributed by atoms with van der Waals surface area (Å²) in [5.41, 5.74) is 0. The standard InChI is InChI=1S/C13H18ClN3S/c1-4-6-7-17(5-2)13-15-11(14)10-8-9(3)18-12(10)16-13/h8H,4-7H2,1-3H3. The molecule has 0 aliphatic rings. The van der Waals surface area contributed by atoms with Gasteiger partial charge < -0.3 is 4.90 Å². The van der Waals surface area contributed by atoms with E-state index in [-0.39, 0.29) is 0 Å². The molecule has 0 radical (unpaired) electrons. The molecule has 0 unspecified atom stereocenters. The molecule has 0 spiro atoms. The second-order valence-corrected chi connectivity index (χ2v) is 5.92. The third-order valence-corrected chi connectivity index (χ3v) is 4.14. The smallest absolute Gasteiger partial charge is 0.228 e. The molecule has 0 atom stereocenters. The van der Waals surface area contributed by atoms with E-state index in [1.54, 1.807) is 11.3 Å². The maximum atomic E-state index is 6.24. The van der Waals surface area contributed by atoms with Crippen molar-refractivity contribution in [1.29, 1.82) is 0 Å². The molecule has 0 fully saturated rings. The molecule has 18 heavy (non-hydrogen) atoms. The van der Waals surface area contributed by atoms with Crippen LogP contribution in [0.2, 0.25) is 5.15 Å². The first-order valence-electron chi connectivity index (χ1n) is 6.34. The Labute approximate surface area is 117 Å². The Hall–Kier alpha value is -0.870. The van der Waals surface area contributed by atoms with Crippen LogP contribution in [0.3, 0.4) is 0 Å². The second kappa shape index (κ2) is 5.85. The van der Waals surface area contributed by atoms with Gasteiger partial charge in [0, 0.05) is 23.4 Å². The Bertz CT molecular complexity index is 538. The van der Waals surface area contributed by atoms with Crippen LogP contribution in [0, 0.1) is 6.92 Å². The largest absolute Gasteiger partial charge is 0.341 e. The number of fused-ring (bicyclic) bond motifs is 1. The molecular formula is C13H18ClN3S. The molecule has 0 saturated heterocycles. The van der Waals surface area contributed by atoms with Crippen molar-refractivity contribution in [1.82, 2.24) is 9.97 Å². The number of aromatic nitrogens is 2. The first kappa shape index (κ1) is 13.6. The minimum absolute atomic E-state index is 0.564. The van der Waals surface area contributed by atoms with Gasteiger partial charge in [0.05, 0.1) is 0 Å². The van der Waals surface area contributed by atoms with Crippen LogP contribution in [0.25, 0.3) is 10.2 Å². The quantitative estimate of drug-likeness (QED) is 0.767. The topological polar surface area (TPSA) is 29.0 Å². The number of rotatable bonds is 5. The predicted octanol–water partition coefficient (Wildman–Crippen LogP) is 4.28. The van der Waals surface area contributed by atoms with Crippen molar-refractivity contribution < 1.29 is 0 Å². The van der Waals surface area contributed by atoms with Crippen molar-refractivity contribution in [2.24, 2.45) is 0 Å². The van der Waals surface area contributed by atoms with Gasteiger partial charge >= 0.3 is 0 Å². The van der Waals surface area contributed by atoms with Gasteiger partial charge in [0.25, 0.3) is 0 Å². The summed E-state index contributed by atoms with van der Waals surface area (Å²) in [6.45, 7) is 8.27. The average Bonchev–Trinajstić information content (AvgIpc) is 2.71. The molecule has 0 aromatic carbocycles. The Kier molecular flexibility index (Phi) is 4.40. The Morgan fingerprint density at radius 2 is 2.11 bits per heavy atom. The van der Waals surface area contributed by atoms with Gasteiger partial charge in [-0.05, 0) is 26.3 Å². The molecule has 2 aromatic rings. The van der Waals surface area contributed by atoms with Crippen LogP contribution in [-0.2, 0) is 0 Å². The summed E-state index contributed by atoms with van der Waals surface area (Å²) in [4.78, 5) is 13.4.